The van der Waals surface area contributed by atoms with Crippen molar-refractivity contribution in [2.45, 2.75) is 13.0 Å². The third-order valence-corrected chi connectivity index (χ3v) is 5.06. The maximum absolute atomic E-state index is 12.8. The summed E-state index contributed by atoms with van der Waals surface area (Å²) in [6, 6.07) is 21.4. The summed E-state index contributed by atoms with van der Waals surface area (Å²) in [7, 11) is 0. The Labute approximate surface area is 177 Å². The minimum atomic E-state index is -0.386. The van der Waals surface area contributed by atoms with Crippen LogP contribution >= 0.6 is 27.5 Å². The van der Waals surface area contributed by atoms with Gasteiger partial charge >= 0.3 is 0 Å². The van der Waals surface area contributed by atoms with Gasteiger partial charge in [-0.15, -0.1) is 0 Å². The number of hydrogen-bond donors (Lipinski definition) is 2. The average Bonchev–Trinajstić information content (AvgIpc) is 2.70. The van der Waals surface area contributed by atoms with Crippen LogP contribution < -0.4 is 10.6 Å². The fourth-order valence-corrected chi connectivity index (χ4v) is 3.32. The van der Waals surface area contributed by atoms with Gasteiger partial charge in [0.25, 0.3) is 11.8 Å². The van der Waals surface area contributed by atoms with Gasteiger partial charge in [-0.05, 0) is 42.8 Å². The number of carbonyl (C=O) groups excluding carboxylic acids is 2. The molecule has 0 bridgehead atoms. The number of para-hydroxylation sites is 1. The molecule has 0 radical (unpaired) electrons. The van der Waals surface area contributed by atoms with Gasteiger partial charge in [0.15, 0.2) is 0 Å². The summed E-state index contributed by atoms with van der Waals surface area (Å²) in [4.78, 5) is 25.4. The average molecular weight is 458 g/mol. The van der Waals surface area contributed by atoms with Crippen molar-refractivity contribution < 1.29 is 9.59 Å². The van der Waals surface area contributed by atoms with Crippen molar-refractivity contribution >= 4 is 45.0 Å². The first-order valence-electron chi connectivity index (χ1n) is 8.67. The number of rotatable bonds is 5. The van der Waals surface area contributed by atoms with E-state index in [4.69, 9.17) is 11.6 Å². The van der Waals surface area contributed by atoms with Crippen LogP contribution in [0, 0.1) is 0 Å². The first-order valence-corrected chi connectivity index (χ1v) is 9.84. The predicted molar refractivity (Wildman–Crippen MR) is 116 cm³/mol. The zero-order valence-electron chi connectivity index (χ0n) is 15.1. The molecule has 0 aliphatic heterocycles. The summed E-state index contributed by atoms with van der Waals surface area (Å²) < 4.78 is 0.741. The van der Waals surface area contributed by atoms with Gasteiger partial charge in [-0.25, -0.2) is 0 Å². The van der Waals surface area contributed by atoms with Gasteiger partial charge in [-0.1, -0.05) is 70.0 Å². The fourth-order valence-electron chi connectivity index (χ4n) is 2.75. The lowest BCUT2D eigenvalue weighted by molar-refractivity contribution is 0.0941. The summed E-state index contributed by atoms with van der Waals surface area (Å²) in [6.07, 6.45) is 0. The molecule has 2 amide bonds. The molecule has 6 heteroatoms. The topological polar surface area (TPSA) is 58.2 Å². The van der Waals surface area contributed by atoms with Crippen molar-refractivity contribution in [3.8, 4) is 0 Å². The van der Waals surface area contributed by atoms with Crippen molar-refractivity contribution in [3.63, 3.8) is 0 Å². The number of anilines is 1. The Morgan fingerprint density at radius 1 is 0.893 bits per heavy atom. The van der Waals surface area contributed by atoms with Crippen molar-refractivity contribution in [1.82, 2.24) is 5.32 Å². The first kappa shape index (κ1) is 20.1. The van der Waals surface area contributed by atoms with Crippen LogP contribution in [0.5, 0.6) is 0 Å². The van der Waals surface area contributed by atoms with E-state index in [2.05, 4.69) is 26.6 Å². The van der Waals surface area contributed by atoms with Crippen LogP contribution in [-0.2, 0) is 0 Å². The molecule has 0 unspecified atom stereocenters. The molecule has 0 aliphatic rings. The molecule has 1 atom stereocenters. The van der Waals surface area contributed by atoms with E-state index in [1.807, 2.05) is 37.3 Å². The van der Waals surface area contributed by atoms with E-state index in [1.54, 1.807) is 42.5 Å². The second-order valence-electron chi connectivity index (χ2n) is 6.23. The summed E-state index contributed by atoms with van der Waals surface area (Å²) in [6.45, 7) is 1.91. The lowest BCUT2D eigenvalue weighted by Crippen LogP contribution is -2.28. The molecule has 3 aromatic carbocycles. The maximum atomic E-state index is 12.8. The SMILES string of the molecule is C[C@H](NC(=O)c1ccccc1NC(=O)c1cc(Br)ccc1Cl)c1ccccc1. The zero-order valence-corrected chi connectivity index (χ0v) is 17.4. The highest BCUT2D eigenvalue weighted by atomic mass is 79.9. The highest BCUT2D eigenvalue weighted by Gasteiger charge is 2.17. The lowest BCUT2D eigenvalue weighted by atomic mass is 10.1. The van der Waals surface area contributed by atoms with E-state index in [-0.39, 0.29) is 17.9 Å². The summed E-state index contributed by atoms with van der Waals surface area (Å²) in [5, 5.41) is 6.08. The van der Waals surface area contributed by atoms with Gasteiger partial charge in [0, 0.05) is 4.47 Å². The molecule has 3 aromatic rings. The number of hydrogen-bond acceptors (Lipinski definition) is 2. The van der Waals surface area contributed by atoms with E-state index < -0.39 is 0 Å². The van der Waals surface area contributed by atoms with Gasteiger partial charge in [0.05, 0.1) is 27.9 Å². The van der Waals surface area contributed by atoms with E-state index >= 15 is 0 Å². The van der Waals surface area contributed by atoms with Gasteiger partial charge in [0.1, 0.15) is 0 Å². The molecule has 4 nitrogen and oxygen atoms in total. The van der Waals surface area contributed by atoms with E-state index in [0.717, 1.165) is 10.0 Å². The quantitative estimate of drug-likeness (QED) is 0.505. The molecule has 28 heavy (non-hydrogen) atoms. The van der Waals surface area contributed by atoms with Gasteiger partial charge in [-0.2, -0.15) is 0 Å². The standard InChI is InChI=1S/C22H18BrClN2O2/c1-14(15-7-3-2-4-8-15)25-21(27)17-9-5-6-10-20(17)26-22(28)18-13-16(23)11-12-19(18)24/h2-14H,1H3,(H,25,27)(H,26,28)/t14-/m0/s1. The number of amides is 2. The molecule has 0 saturated heterocycles. The summed E-state index contributed by atoms with van der Waals surface area (Å²) in [5.74, 6) is -0.657. The Morgan fingerprint density at radius 3 is 2.32 bits per heavy atom. The molecule has 0 fully saturated rings. The Balaban J connectivity index is 1.80. The van der Waals surface area contributed by atoms with Gasteiger partial charge in [0.2, 0.25) is 0 Å². The first-order chi connectivity index (χ1) is 13.5. The van der Waals surface area contributed by atoms with E-state index in [9.17, 15) is 9.59 Å². The smallest absolute Gasteiger partial charge is 0.257 e. The number of carbonyl (C=O) groups is 2. The highest BCUT2D eigenvalue weighted by molar-refractivity contribution is 9.10. The van der Waals surface area contributed by atoms with Gasteiger partial charge < -0.3 is 10.6 Å². The number of nitrogens with one attached hydrogen (secondary N) is 2. The zero-order chi connectivity index (χ0) is 20.1. The molecular formula is C22H18BrClN2O2. The monoisotopic (exact) mass is 456 g/mol. The molecule has 142 valence electrons. The van der Waals surface area contributed by atoms with Crippen molar-refractivity contribution in [3.05, 3.63) is 99.0 Å². The van der Waals surface area contributed by atoms with Crippen molar-refractivity contribution in [2.24, 2.45) is 0 Å². The largest absolute Gasteiger partial charge is 0.345 e. The Hall–Kier alpha value is -2.63. The number of benzene rings is 3. The Kier molecular flexibility index (Phi) is 6.49. The molecule has 3 rings (SSSR count). The molecule has 0 spiro atoms. The van der Waals surface area contributed by atoms with E-state index in [0.29, 0.717) is 21.8 Å². The molecule has 0 saturated carbocycles. The van der Waals surface area contributed by atoms with Crippen LogP contribution in [0.4, 0.5) is 5.69 Å². The normalized spacial score (nSPS) is 11.5. The summed E-state index contributed by atoms with van der Waals surface area (Å²) >= 11 is 9.47. The molecule has 0 aromatic heterocycles. The molecule has 0 aliphatic carbocycles. The van der Waals surface area contributed by atoms with Crippen LogP contribution in [0.25, 0.3) is 0 Å². The second-order valence-corrected chi connectivity index (χ2v) is 7.55. The van der Waals surface area contributed by atoms with Crippen LogP contribution in [0.3, 0.4) is 0 Å². The van der Waals surface area contributed by atoms with Crippen LogP contribution in [0.2, 0.25) is 5.02 Å². The van der Waals surface area contributed by atoms with E-state index in [1.165, 1.54) is 0 Å². The predicted octanol–water partition coefficient (Wildman–Crippen LogP) is 5.85. The molecular weight excluding hydrogens is 440 g/mol. The maximum Gasteiger partial charge on any atom is 0.257 e. The summed E-state index contributed by atoms with van der Waals surface area (Å²) in [5.41, 5.74) is 2.12. The Bertz CT molecular complexity index is 1010. The minimum Gasteiger partial charge on any atom is -0.345 e. The van der Waals surface area contributed by atoms with Crippen LogP contribution in [0.15, 0.2) is 77.3 Å². The third-order valence-electron chi connectivity index (χ3n) is 4.24. The second kappa shape index (κ2) is 9.04. The van der Waals surface area contributed by atoms with Crippen LogP contribution in [-0.4, -0.2) is 11.8 Å². The lowest BCUT2D eigenvalue weighted by Gasteiger charge is -2.16. The fraction of sp³-hybridized carbons (Fsp3) is 0.0909. The van der Waals surface area contributed by atoms with Crippen molar-refractivity contribution in [1.29, 1.82) is 0 Å². The van der Waals surface area contributed by atoms with Crippen LogP contribution in [0.1, 0.15) is 39.2 Å². The number of halogens is 2. The highest BCUT2D eigenvalue weighted by Crippen LogP contribution is 2.24. The molecule has 2 N–H and O–H groups in total. The van der Waals surface area contributed by atoms with Crippen molar-refractivity contribution in [2.75, 3.05) is 5.32 Å². The van der Waals surface area contributed by atoms with Gasteiger partial charge in [-0.3, -0.25) is 9.59 Å². The minimum absolute atomic E-state index is 0.169. The third kappa shape index (κ3) is 4.80. The Morgan fingerprint density at radius 2 is 1.57 bits per heavy atom. The molecule has 0 heterocycles.